The van der Waals surface area contributed by atoms with Gasteiger partial charge in [-0.3, -0.25) is 9.69 Å². The topological polar surface area (TPSA) is 83.7 Å². The van der Waals surface area contributed by atoms with Crippen LogP contribution in [-0.2, 0) is 4.79 Å². The van der Waals surface area contributed by atoms with Gasteiger partial charge in [-0.2, -0.15) is 4.98 Å². The van der Waals surface area contributed by atoms with Crippen molar-refractivity contribution < 1.29 is 14.1 Å². The van der Waals surface area contributed by atoms with Gasteiger partial charge in [0.1, 0.15) is 5.75 Å². The molecule has 0 radical (unpaired) electrons. The maximum absolute atomic E-state index is 12.8. The average molecular weight is 428 g/mol. The average Bonchev–Trinajstić information content (AvgIpc) is 3.31. The third-order valence-corrected chi connectivity index (χ3v) is 6.47. The fourth-order valence-corrected chi connectivity index (χ4v) is 4.52. The Balaban J connectivity index is 1.29. The Hall–Kier alpha value is -2.61. The van der Waals surface area contributed by atoms with Crippen molar-refractivity contribution in [1.29, 1.82) is 0 Å². The van der Waals surface area contributed by atoms with Crippen LogP contribution in [0.15, 0.2) is 28.8 Å². The van der Waals surface area contributed by atoms with Crippen LogP contribution in [0.5, 0.6) is 5.75 Å². The highest BCUT2D eigenvalue weighted by molar-refractivity contribution is 5.79. The summed E-state index contributed by atoms with van der Waals surface area (Å²) < 4.78 is 10.7. The van der Waals surface area contributed by atoms with Gasteiger partial charge in [0.05, 0.1) is 13.0 Å². The molecule has 1 N–H and O–H groups in total. The summed E-state index contributed by atoms with van der Waals surface area (Å²) in [6.45, 7) is 6.49. The first-order valence-electron chi connectivity index (χ1n) is 11.4. The number of nitrogens with one attached hydrogen (secondary N) is 1. The molecule has 1 aromatic carbocycles. The molecule has 1 amide bonds. The zero-order chi connectivity index (χ0) is 21.6. The molecule has 2 atom stereocenters. The molecule has 0 unspecified atom stereocenters. The second kappa shape index (κ2) is 10.1. The Bertz CT molecular complexity index is 853. The van der Waals surface area contributed by atoms with Crippen LogP contribution in [0.3, 0.4) is 0 Å². The number of carbonyl (C=O) groups is 1. The van der Waals surface area contributed by atoms with Crippen molar-refractivity contribution in [2.24, 2.45) is 5.92 Å². The number of aromatic nitrogens is 2. The number of likely N-dealkylation sites (tertiary alicyclic amines) is 1. The van der Waals surface area contributed by atoms with Crippen LogP contribution in [0.4, 0.5) is 6.01 Å². The van der Waals surface area contributed by atoms with Gasteiger partial charge in [0.2, 0.25) is 11.7 Å². The van der Waals surface area contributed by atoms with Crippen LogP contribution in [0.1, 0.15) is 39.0 Å². The molecule has 31 heavy (non-hydrogen) atoms. The highest BCUT2D eigenvalue weighted by Crippen LogP contribution is 2.26. The molecule has 2 fully saturated rings. The van der Waals surface area contributed by atoms with Crippen LogP contribution < -0.4 is 15.0 Å². The van der Waals surface area contributed by atoms with Crippen molar-refractivity contribution in [1.82, 2.24) is 20.4 Å². The lowest BCUT2D eigenvalue weighted by Crippen LogP contribution is -2.46. The molecule has 0 spiro atoms. The van der Waals surface area contributed by atoms with Gasteiger partial charge in [0.25, 0.3) is 0 Å². The third kappa shape index (κ3) is 5.36. The second-order valence-electron chi connectivity index (χ2n) is 8.59. The van der Waals surface area contributed by atoms with E-state index in [1.165, 1.54) is 19.3 Å². The van der Waals surface area contributed by atoms with Crippen LogP contribution >= 0.6 is 0 Å². The molecule has 2 saturated heterocycles. The molecule has 8 heteroatoms. The maximum atomic E-state index is 12.8. The minimum atomic E-state index is -0.0520. The quantitative estimate of drug-likeness (QED) is 0.727. The number of nitrogens with zero attached hydrogens (tertiary/aromatic N) is 4. The number of rotatable bonds is 7. The first-order valence-corrected chi connectivity index (χ1v) is 11.4. The molecule has 2 aliphatic rings. The van der Waals surface area contributed by atoms with Crippen molar-refractivity contribution in [3.05, 3.63) is 24.3 Å². The number of anilines is 1. The van der Waals surface area contributed by atoms with Crippen molar-refractivity contribution in [3.8, 4) is 17.1 Å². The second-order valence-corrected chi connectivity index (χ2v) is 8.59. The van der Waals surface area contributed by atoms with Gasteiger partial charge in [-0.1, -0.05) is 11.6 Å². The monoisotopic (exact) mass is 427 g/mol. The van der Waals surface area contributed by atoms with Crippen molar-refractivity contribution in [2.75, 3.05) is 44.7 Å². The molecule has 168 valence electrons. The number of methoxy groups -OCH3 is 1. The Morgan fingerprint density at radius 1 is 1.19 bits per heavy atom. The summed E-state index contributed by atoms with van der Waals surface area (Å²) in [6.07, 6.45) is 5.66. The molecule has 1 aromatic heterocycles. The number of piperidine rings is 2. The maximum Gasteiger partial charge on any atom is 0.324 e. The smallest absolute Gasteiger partial charge is 0.324 e. The Morgan fingerprint density at radius 3 is 2.81 bits per heavy atom. The Kier molecular flexibility index (Phi) is 7.06. The van der Waals surface area contributed by atoms with E-state index in [0.717, 1.165) is 43.8 Å². The van der Waals surface area contributed by atoms with Crippen LogP contribution in [-0.4, -0.2) is 66.8 Å². The molecule has 0 saturated carbocycles. The van der Waals surface area contributed by atoms with E-state index in [0.29, 0.717) is 31.0 Å². The van der Waals surface area contributed by atoms with E-state index in [1.807, 2.05) is 29.2 Å². The van der Waals surface area contributed by atoms with Gasteiger partial charge in [-0.25, -0.2) is 0 Å². The van der Waals surface area contributed by atoms with Crippen LogP contribution in [0.25, 0.3) is 11.4 Å². The Labute approximate surface area is 183 Å². The van der Waals surface area contributed by atoms with E-state index in [4.69, 9.17) is 9.26 Å². The van der Waals surface area contributed by atoms with E-state index in [9.17, 15) is 4.79 Å². The predicted octanol–water partition coefficient (Wildman–Crippen LogP) is 2.95. The number of benzene rings is 1. The first kappa shape index (κ1) is 21.6. The number of ether oxygens (including phenoxy) is 1. The van der Waals surface area contributed by atoms with Crippen LogP contribution in [0, 0.1) is 5.92 Å². The summed E-state index contributed by atoms with van der Waals surface area (Å²) in [5.41, 5.74) is 0.869. The van der Waals surface area contributed by atoms with E-state index in [-0.39, 0.29) is 11.8 Å². The van der Waals surface area contributed by atoms with Crippen LogP contribution in [0.2, 0.25) is 0 Å². The lowest BCUT2D eigenvalue weighted by Gasteiger charge is -2.34. The zero-order valence-electron chi connectivity index (χ0n) is 18.5. The molecular formula is C23H33N5O3. The van der Waals surface area contributed by atoms with Gasteiger partial charge in [0, 0.05) is 37.8 Å². The summed E-state index contributed by atoms with van der Waals surface area (Å²) in [4.78, 5) is 21.8. The van der Waals surface area contributed by atoms with E-state index < -0.39 is 0 Å². The summed E-state index contributed by atoms with van der Waals surface area (Å²) >= 11 is 0. The van der Waals surface area contributed by atoms with Gasteiger partial charge >= 0.3 is 6.01 Å². The number of hydrogen-bond donors (Lipinski definition) is 1. The standard InChI is InChI=1S/C23H33N5O3/c1-17-6-3-4-13-27(17)15-12-24-22(29)19-7-5-14-28(16-19)23-25-21(26-31-23)18-8-10-20(30-2)11-9-18/h8-11,17,19H,3-7,12-16H2,1-2H3,(H,24,29)/t17-,19-/m0/s1. The van der Waals surface area contributed by atoms with E-state index in [1.54, 1.807) is 7.11 Å². The molecule has 4 rings (SSSR count). The number of carbonyl (C=O) groups excluding carboxylic acids is 1. The fourth-order valence-electron chi connectivity index (χ4n) is 4.52. The molecule has 3 heterocycles. The molecular weight excluding hydrogens is 394 g/mol. The zero-order valence-corrected chi connectivity index (χ0v) is 18.5. The van der Waals surface area contributed by atoms with E-state index in [2.05, 4.69) is 27.3 Å². The fraction of sp³-hybridized carbons (Fsp3) is 0.609. The largest absolute Gasteiger partial charge is 0.497 e. The number of hydrogen-bond acceptors (Lipinski definition) is 7. The highest BCUT2D eigenvalue weighted by Gasteiger charge is 2.29. The first-order chi connectivity index (χ1) is 15.1. The van der Waals surface area contributed by atoms with Gasteiger partial charge in [-0.15, -0.1) is 0 Å². The van der Waals surface area contributed by atoms with Gasteiger partial charge < -0.3 is 19.5 Å². The lowest BCUT2D eigenvalue weighted by atomic mass is 9.97. The highest BCUT2D eigenvalue weighted by atomic mass is 16.5. The van der Waals surface area contributed by atoms with Gasteiger partial charge in [0.15, 0.2) is 0 Å². The van der Waals surface area contributed by atoms with Crippen molar-refractivity contribution in [2.45, 2.75) is 45.1 Å². The van der Waals surface area contributed by atoms with Gasteiger partial charge in [-0.05, 0) is 63.4 Å². The SMILES string of the molecule is COc1ccc(-c2noc(N3CCC[C@H](C(=O)NCCN4CCCC[C@@H]4C)C3)n2)cc1. The summed E-state index contributed by atoms with van der Waals surface area (Å²) in [7, 11) is 1.64. The minimum Gasteiger partial charge on any atom is -0.497 e. The summed E-state index contributed by atoms with van der Waals surface area (Å²) in [5.74, 6) is 1.40. The molecule has 2 aliphatic heterocycles. The predicted molar refractivity (Wildman–Crippen MR) is 119 cm³/mol. The minimum absolute atomic E-state index is 0.0520. The van der Waals surface area contributed by atoms with E-state index >= 15 is 0 Å². The normalized spacial score (nSPS) is 22.3. The summed E-state index contributed by atoms with van der Waals surface area (Å²) in [5, 5.41) is 7.27. The summed E-state index contributed by atoms with van der Waals surface area (Å²) in [6, 6.07) is 8.65. The third-order valence-electron chi connectivity index (χ3n) is 6.47. The van der Waals surface area contributed by atoms with Crippen molar-refractivity contribution in [3.63, 3.8) is 0 Å². The lowest BCUT2D eigenvalue weighted by molar-refractivity contribution is -0.125. The molecule has 0 bridgehead atoms. The van der Waals surface area contributed by atoms with Crippen molar-refractivity contribution >= 4 is 11.9 Å². The number of amides is 1. The Morgan fingerprint density at radius 2 is 2.03 bits per heavy atom. The molecule has 0 aliphatic carbocycles. The molecule has 2 aromatic rings. The molecule has 8 nitrogen and oxygen atoms in total.